The van der Waals surface area contributed by atoms with Crippen molar-refractivity contribution in [2.24, 2.45) is 0 Å². The average molecular weight is 319 g/mol. The van der Waals surface area contributed by atoms with Crippen molar-refractivity contribution in [3.05, 3.63) is 51.5 Å². The van der Waals surface area contributed by atoms with Crippen molar-refractivity contribution in [3.8, 4) is 0 Å². The standard InChI is InChI=1S/C17H19FN2OS/c1-11-3-4-13(9-15(11)18)19-17(21)10-20-7-5-16-14(12(20)2)6-8-22-16/h3-4,6,8-9,12H,5,7,10H2,1-2H3,(H,19,21)/p+1/t12-/m0/s1. The Hall–Kier alpha value is -1.72. The fraction of sp³-hybridized carbons (Fsp3) is 0.353. The van der Waals surface area contributed by atoms with Crippen molar-refractivity contribution in [1.82, 2.24) is 0 Å². The third-order valence-corrected chi connectivity index (χ3v) is 5.37. The smallest absolute Gasteiger partial charge is 0.279 e. The Bertz CT molecular complexity index is 698. The van der Waals surface area contributed by atoms with Crippen LogP contribution in [0.5, 0.6) is 0 Å². The zero-order chi connectivity index (χ0) is 15.7. The van der Waals surface area contributed by atoms with E-state index in [4.69, 9.17) is 0 Å². The number of hydrogen-bond donors (Lipinski definition) is 2. The lowest BCUT2D eigenvalue weighted by Crippen LogP contribution is -3.14. The van der Waals surface area contributed by atoms with Crippen molar-refractivity contribution >= 4 is 22.9 Å². The quantitative estimate of drug-likeness (QED) is 0.894. The Balaban J connectivity index is 1.64. The Morgan fingerprint density at radius 1 is 1.45 bits per heavy atom. The number of anilines is 1. The van der Waals surface area contributed by atoms with Gasteiger partial charge >= 0.3 is 0 Å². The van der Waals surface area contributed by atoms with E-state index < -0.39 is 0 Å². The Morgan fingerprint density at radius 2 is 2.27 bits per heavy atom. The van der Waals surface area contributed by atoms with Crippen LogP contribution in [0.25, 0.3) is 0 Å². The van der Waals surface area contributed by atoms with E-state index in [1.54, 1.807) is 30.4 Å². The number of carbonyl (C=O) groups excluding carboxylic acids is 1. The highest BCUT2D eigenvalue weighted by Crippen LogP contribution is 2.24. The van der Waals surface area contributed by atoms with E-state index in [0.717, 1.165) is 13.0 Å². The van der Waals surface area contributed by atoms with Gasteiger partial charge in [-0.1, -0.05) is 6.07 Å². The SMILES string of the molecule is Cc1ccc(NC(=O)C[NH+]2CCc3sccc3[C@@H]2C)cc1F. The van der Waals surface area contributed by atoms with Crippen LogP contribution in [-0.4, -0.2) is 19.0 Å². The first-order chi connectivity index (χ1) is 10.5. The van der Waals surface area contributed by atoms with Gasteiger partial charge in [0.2, 0.25) is 0 Å². The first-order valence-corrected chi connectivity index (χ1v) is 8.39. The van der Waals surface area contributed by atoms with E-state index >= 15 is 0 Å². The molecule has 1 unspecified atom stereocenters. The molecule has 0 fully saturated rings. The highest BCUT2D eigenvalue weighted by atomic mass is 32.1. The molecule has 0 saturated heterocycles. The van der Waals surface area contributed by atoms with Crippen LogP contribution in [0.3, 0.4) is 0 Å². The molecule has 0 saturated carbocycles. The van der Waals surface area contributed by atoms with E-state index in [2.05, 4.69) is 23.7 Å². The monoisotopic (exact) mass is 319 g/mol. The number of fused-ring (bicyclic) bond motifs is 1. The Morgan fingerprint density at radius 3 is 3.05 bits per heavy atom. The molecule has 2 N–H and O–H groups in total. The molecule has 0 aliphatic carbocycles. The van der Waals surface area contributed by atoms with Crippen molar-refractivity contribution in [3.63, 3.8) is 0 Å². The molecule has 3 nitrogen and oxygen atoms in total. The first kappa shape index (κ1) is 15.2. The molecule has 22 heavy (non-hydrogen) atoms. The largest absolute Gasteiger partial charge is 0.321 e. The van der Waals surface area contributed by atoms with Gasteiger partial charge in [0.05, 0.1) is 6.54 Å². The lowest BCUT2D eigenvalue weighted by molar-refractivity contribution is -0.923. The highest BCUT2D eigenvalue weighted by molar-refractivity contribution is 7.10. The number of amides is 1. The van der Waals surface area contributed by atoms with Crippen molar-refractivity contribution in [2.75, 3.05) is 18.4 Å². The molecule has 2 heterocycles. The minimum absolute atomic E-state index is 0.0659. The number of rotatable bonds is 3. The molecular weight excluding hydrogens is 299 g/mol. The molecule has 0 radical (unpaired) electrons. The van der Waals surface area contributed by atoms with Gasteiger partial charge in [-0.15, -0.1) is 11.3 Å². The van der Waals surface area contributed by atoms with Gasteiger partial charge in [0, 0.05) is 22.5 Å². The lowest BCUT2D eigenvalue weighted by Gasteiger charge is -2.29. The summed E-state index contributed by atoms with van der Waals surface area (Å²) in [6.45, 7) is 5.24. The summed E-state index contributed by atoms with van der Waals surface area (Å²) in [6.07, 6.45) is 1.03. The minimum atomic E-state index is -0.292. The van der Waals surface area contributed by atoms with Crippen LogP contribution in [0.4, 0.5) is 10.1 Å². The van der Waals surface area contributed by atoms with Gasteiger partial charge in [0.1, 0.15) is 11.9 Å². The molecule has 1 aromatic heterocycles. The van der Waals surface area contributed by atoms with Gasteiger partial charge in [-0.3, -0.25) is 4.79 Å². The number of thiophene rings is 1. The molecule has 0 spiro atoms. The van der Waals surface area contributed by atoms with E-state index in [1.165, 1.54) is 21.4 Å². The maximum absolute atomic E-state index is 13.5. The zero-order valence-electron chi connectivity index (χ0n) is 12.8. The van der Waals surface area contributed by atoms with Crippen LogP contribution in [0.2, 0.25) is 0 Å². The maximum Gasteiger partial charge on any atom is 0.279 e. The number of nitrogens with one attached hydrogen (secondary N) is 2. The summed E-state index contributed by atoms with van der Waals surface area (Å²) >= 11 is 1.80. The minimum Gasteiger partial charge on any atom is -0.321 e. The fourth-order valence-corrected chi connectivity index (χ4v) is 3.95. The maximum atomic E-state index is 13.5. The second-order valence-corrected chi connectivity index (χ2v) is 6.87. The third kappa shape index (κ3) is 3.05. The lowest BCUT2D eigenvalue weighted by atomic mass is 10.0. The summed E-state index contributed by atoms with van der Waals surface area (Å²) in [5.41, 5.74) is 2.46. The molecule has 1 aromatic carbocycles. The van der Waals surface area contributed by atoms with E-state index in [9.17, 15) is 9.18 Å². The van der Waals surface area contributed by atoms with Gasteiger partial charge in [-0.25, -0.2) is 4.39 Å². The second-order valence-electron chi connectivity index (χ2n) is 5.87. The van der Waals surface area contributed by atoms with Crippen molar-refractivity contribution in [1.29, 1.82) is 0 Å². The first-order valence-electron chi connectivity index (χ1n) is 7.51. The van der Waals surface area contributed by atoms with E-state index in [1.807, 2.05) is 0 Å². The van der Waals surface area contributed by atoms with Gasteiger partial charge in [-0.2, -0.15) is 0 Å². The molecule has 2 aromatic rings. The van der Waals surface area contributed by atoms with Gasteiger partial charge < -0.3 is 10.2 Å². The molecule has 1 aliphatic rings. The predicted molar refractivity (Wildman–Crippen MR) is 86.9 cm³/mol. The number of hydrogen-bond acceptors (Lipinski definition) is 2. The third-order valence-electron chi connectivity index (χ3n) is 4.38. The molecule has 2 atom stereocenters. The summed E-state index contributed by atoms with van der Waals surface area (Å²) in [7, 11) is 0. The molecule has 1 aliphatic heterocycles. The summed E-state index contributed by atoms with van der Waals surface area (Å²) in [4.78, 5) is 14.9. The molecule has 0 bridgehead atoms. The van der Waals surface area contributed by atoms with Gasteiger partial charge in [0.25, 0.3) is 5.91 Å². The van der Waals surface area contributed by atoms with Crippen LogP contribution in [-0.2, 0) is 11.2 Å². The normalized spacial score (nSPS) is 20.5. The number of benzene rings is 1. The zero-order valence-corrected chi connectivity index (χ0v) is 13.6. The number of halogens is 1. The predicted octanol–water partition coefficient (Wildman–Crippen LogP) is 2.34. The molecule has 1 amide bonds. The van der Waals surface area contributed by atoms with E-state index in [0.29, 0.717) is 23.8 Å². The van der Waals surface area contributed by atoms with Crippen molar-refractivity contribution < 1.29 is 14.1 Å². The van der Waals surface area contributed by atoms with Crippen LogP contribution in [0.15, 0.2) is 29.6 Å². The number of aryl methyl sites for hydroxylation is 1. The topological polar surface area (TPSA) is 33.5 Å². The second kappa shape index (κ2) is 6.18. The summed E-state index contributed by atoms with van der Waals surface area (Å²) < 4.78 is 13.5. The van der Waals surface area contributed by atoms with Crippen LogP contribution in [0, 0.1) is 12.7 Å². The molecule has 5 heteroatoms. The Kier molecular flexibility index (Phi) is 4.27. The molecular formula is C17H20FN2OS+. The highest BCUT2D eigenvalue weighted by Gasteiger charge is 2.29. The van der Waals surface area contributed by atoms with E-state index in [-0.39, 0.29) is 11.7 Å². The van der Waals surface area contributed by atoms with Crippen molar-refractivity contribution in [2.45, 2.75) is 26.3 Å². The average Bonchev–Trinajstić information content (AvgIpc) is 2.95. The van der Waals surface area contributed by atoms with Gasteiger partial charge in [0.15, 0.2) is 6.54 Å². The van der Waals surface area contributed by atoms with Gasteiger partial charge in [-0.05, 0) is 43.0 Å². The molecule has 3 rings (SSSR count). The molecule has 116 valence electrons. The van der Waals surface area contributed by atoms with Crippen LogP contribution in [0.1, 0.15) is 29.0 Å². The number of carbonyl (C=O) groups is 1. The Labute approximate surface area is 133 Å². The number of quaternary nitrogens is 1. The fourth-order valence-electron chi connectivity index (χ4n) is 2.97. The van der Waals surface area contributed by atoms with Crippen LogP contribution >= 0.6 is 11.3 Å². The summed E-state index contributed by atoms with van der Waals surface area (Å²) in [5.74, 6) is -0.358. The summed E-state index contributed by atoms with van der Waals surface area (Å²) in [6, 6.07) is 7.29. The summed E-state index contributed by atoms with van der Waals surface area (Å²) in [5, 5.41) is 4.92. The van der Waals surface area contributed by atoms with Crippen LogP contribution < -0.4 is 10.2 Å².